The highest BCUT2D eigenvalue weighted by atomic mass is 16.5. The van der Waals surface area contributed by atoms with Crippen molar-refractivity contribution in [3.8, 4) is 5.88 Å². The quantitative estimate of drug-likeness (QED) is 0.517. The van der Waals surface area contributed by atoms with E-state index in [1.54, 1.807) is 30.5 Å². The zero-order valence-corrected chi connectivity index (χ0v) is 17.9. The van der Waals surface area contributed by atoms with Crippen molar-refractivity contribution in [1.29, 1.82) is 0 Å². The van der Waals surface area contributed by atoms with E-state index >= 15 is 0 Å². The number of nitrogens with zero attached hydrogens (tertiary/aromatic N) is 1. The molecule has 1 saturated carbocycles. The number of carbonyl (C=O) groups excluding carboxylic acids is 2. The molecule has 3 aromatic rings. The number of hydrogen-bond donors (Lipinski definition) is 2. The third-order valence-corrected chi connectivity index (χ3v) is 5.37. The zero-order valence-electron chi connectivity index (χ0n) is 17.9. The number of hydrogen-bond acceptors (Lipinski definition) is 4. The first-order chi connectivity index (χ1) is 15.7. The number of ether oxygens (including phenoxy) is 1. The maximum atomic E-state index is 13.0. The van der Waals surface area contributed by atoms with Gasteiger partial charge >= 0.3 is 0 Å². The number of nitrogens with one attached hydrogen (secondary N) is 2. The monoisotopic (exact) mass is 429 g/mol. The summed E-state index contributed by atoms with van der Waals surface area (Å²) in [7, 11) is 0. The van der Waals surface area contributed by atoms with Crippen LogP contribution in [0.1, 0.15) is 34.3 Å². The van der Waals surface area contributed by atoms with E-state index in [2.05, 4.69) is 15.6 Å². The third-order valence-electron chi connectivity index (χ3n) is 5.37. The molecular formula is C26H27N3O3. The predicted molar refractivity (Wildman–Crippen MR) is 122 cm³/mol. The standard InChI is InChI=1S/C26H27N3O3/c30-25(22-9-5-2-6-10-22)29-23(15-19-7-3-1-4-8-19)26(31)28-17-21-13-14-24(27-16-21)32-18-20-11-12-20/h1-10,13-14,16,20,23H,11-12,15,17-18H2,(H,28,31)(H,29,30). The van der Waals surface area contributed by atoms with Crippen molar-refractivity contribution in [2.24, 2.45) is 5.92 Å². The van der Waals surface area contributed by atoms with E-state index in [4.69, 9.17) is 4.74 Å². The molecule has 1 atom stereocenters. The van der Waals surface area contributed by atoms with Crippen LogP contribution in [0.15, 0.2) is 79.0 Å². The molecule has 1 unspecified atom stereocenters. The Labute approximate surface area is 188 Å². The Morgan fingerprint density at radius 1 is 0.938 bits per heavy atom. The van der Waals surface area contributed by atoms with Crippen LogP contribution in [0.4, 0.5) is 0 Å². The summed E-state index contributed by atoms with van der Waals surface area (Å²) in [6.07, 6.45) is 4.57. The summed E-state index contributed by atoms with van der Waals surface area (Å²) in [5, 5.41) is 5.79. The average molecular weight is 430 g/mol. The molecule has 0 saturated heterocycles. The van der Waals surface area contributed by atoms with Gasteiger partial charge < -0.3 is 15.4 Å². The van der Waals surface area contributed by atoms with Crippen molar-refractivity contribution in [1.82, 2.24) is 15.6 Å². The summed E-state index contributed by atoms with van der Waals surface area (Å²) in [6.45, 7) is 1.03. The molecule has 1 aliphatic carbocycles. The highest BCUT2D eigenvalue weighted by molar-refractivity contribution is 5.97. The summed E-state index contributed by atoms with van der Waals surface area (Å²) in [5.41, 5.74) is 2.36. The maximum Gasteiger partial charge on any atom is 0.251 e. The summed E-state index contributed by atoms with van der Waals surface area (Å²) >= 11 is 0. The number of pyridine rings is 1. The third kappa shape index (κ3) is 6.41. The van der Waals surface area contributed by atoms with Gasteiger partial charge in [0.1, 0.15) is 6.04 Å². The van der Waals surface area contributed by atoms with Gasteiger partial charge in [0.2, 0.25) is 11.8 Å². The number of rotatable bonds is 10. The SMILES string of the molecule is O=C(NC(Cc1ccccc1)C(=O)NCc1ccc(OCC2CC2)nc1)c1ccccc1. The Kier molecular flexibility index (Phi) is 7.12. The molecule has 0 radical (unpaired) electrons. The molecule has 1 fully saturated rings. The van der Waals surface area contributed by atoms with E-state index in [1.807, 2.05) is 48.5 Å². The van der Waals surface area contributed by atoms with Crippen molar-refractivity contribution in [3.63, 3.8) is 0 Å². The van der Waals surface area contributed by atoms with Gasteiger partial charge in [-0.3, -0.25) is 9.59 Å². The van der Waals surface area contributed by atoms with Crippen molar-refractivity contribution < 1.29 is 14.3 Å². The second-order valence-corrected chi connectivity index (χ2v) is 8.06. The van der Waals surface area contributed by atoms with Crippen LogP contribution in [0, 0.1) is 5.92 Å². The minimum absolute atomic E-state index is 0.243. The van der Waals surface area contributed by atoms with Crippen LogP contribution in [0.2, 0.25) is 0 Å². The number of benzene rings is 2. The molecule has 6 nitrogen and oxygen atoms in total. The summed E-state index contributed by atoms with van der Waals surface area (Å²) in [4.78, 5) is 29.9. The van der Waals surface area contributed by atoms with Crippen LogP contribution in [0.25, 0.3) is 0 Å². The van der Waals surface area contributed by atoms with E-state index in [1.165, 1.54) is 12.8 Å². The largest absolute Gasteiger partial charge is 0.477 e. The first-order valence-electron chi connectivity index (χ1n) is 10.9. The molecule has 1 heterocycles. The fraction of sp³-hybridized carbons (Fsp3) is 0.269. The van der Waals surface area contributed by atoms with Crippen molar-refractivity contribution in [2.45, 2.75) is 31.8 Å². The van der Waals surface area contributed by atoms with E-state index in [0.717, 1.165) is 11.1 Å². The first kappa shape index (κ1) is 21.6. The molecule has 164 valence electrons. The Morgan fingerprint density at radius 3 is 2.31 bits per heavy atom. The number of carbonyl (C=O) groups is 2. The Bertz CT molecular complexity index is 1020. The lowest BCUT2D eigenvalue weighted by Gasteiger charge is -2.19. The molecule has 1 aliphatic rings. The van der Waals surface area contributed by atoms with E-state index in [-0.39, 0.29) is 11.8 Å². The first-order valence-corrected chi connectivity index (χ1v) is 10.9. The lowest BCUT2D eigenvalue weighted by atomic mass is 10.0. The van der Waals surface area contributed by atoms with Gasteiger partial charge in [-0.25, -0.2) is 4.98 Å². The normalized spacial score (nSPS) is 13.8. The predicted octanol–water partition coefficient (Wildman–Crippen LogP) is 3.53. The minimum atomic E-state index is -0.695. The fourth-order valence-electron chi connectivity index (χ4n) is 3.29. The van der Waals surface area contributed by atoms with Gasteiger partial charge in [-0.2, -0.15) is 0 Å². The van der Waals surface area contributed by atoms with Gasteiger partial charge in [0.15, 0.2) is 0 Å². The van der Waals surface area contributed by atoms with E-state index < -0.39 is 6.04 Å². The molecule has 32 heavy (non-hydrogen) atoms. The second kappa shape index (κ2) is 10.6. The molecule has 2 amide bonds. The number of aromatic nitrogens is 1. The molecule has 1 aromatic heterocycles. The van der Waals surface area contributed by atoms with Crippen molar-refractivity contribution in [3.05, 3.63) is 95.7 Å². The van der Waals surface area contributed by atoms with Crippen LogP contribution in [-0.4, -0.2) is 29.4 Å². The van der Waals surface area contributed by atoms with Gasteiger partial charge in [0.05, 0.1) is 6.61 Å². The van der Waals surface area contributed by atoms with Gasteiger partial charge in [-0.1, -0.05) is 54.6 Å². The molecular weight excluding hydrogens is 402 g/mol. The smallest absolute Gasteiger partial charge is 0.251 e. The van der Waals surface area contributed by atoms with Crippen LogP contribution in [0.3, 0.4) is 0 Å². The maximum absolute atomic E-state index is 13.0. The van der Waals surface area contributed by atoms with E-state index in [0.29, 0.717) is 36.9 Å². The van der Waals surface area contributed by atoms with Crippen molar-refractivity contribution in [2.75, 3.05) is 6.61 Å². The van der Waals surface area contributed by atoms with Gasteiger partial charge in [0, 0.05) is 30.8 Å². The van der Waals surface area contributed by atoms with Crippen LogP contribution in [-0.2, 0) is 17.8 Å². The highest BCUT2D eigenvalue weighted by Crippen LogP contribution is 2.29. The van der Waals surface area contributed by atoms with Gasteiger partial charge in [-0.15, -0.1) is 0 Å². The Balaban J connectivity index is 1.36. The fourth-order valence-corrected chi connectivity index (χ4v) is 3.29. The lowest BCUT2D eigenvalue weighted by molar-refractivity contribution is -0.123. The summed E-state index contributed by atoms with van der Waals surface area (Å²) < 4.78 is 5.65. The topological polar surface area (TPSA) is 80.3 Å². The van der Waals surface area contributed by atoms with E-state index in [9.17, 15) is 9.59 Å². The Morgan fingerprint density at radius 2 is 1.66 bits per heavy atom. The van der Waals surface area contributed by atoms with Crippen LogP contribution < -0.4 is 15.4 Å². The minimum Gasteiger partial charge on any atom is -0.477 e. The molecule has 2 N–H and O–H groups in total. The molecule has 0 spiro atoms. The molecule has 0 bridgehead atoms. The zero-order chi connectivity index (χ0) is 22.2. The molecule has 4 rings (SSSR count). The molecule has 2 aromatic carbocycles. The van der Waals surface area contributed by atoms with Gasteiger partial charge in [-0.05, 0) is 42.0 Å². The summed E-state index contributed by atoms with van der Waals surface area (Å²) in [6, 6.07) is 21.6. The Hall–Kier alpha value is -3.67. The average Bonchev–Trinajstić information content (AvgIpc) is 3.67. The van der Waals surface area contributed by atoms with Crippen LogP contribution >= 0.6 is 0 Å². The highest BCUT2D eigenvalue weighted by Gasteiger charge is 2.23. The number of amides is 2. The molecule has 6 heteroatoms. The lowest BCUT2D eigenvalue weighted by Crippen LogP contribution is -2.47. The van der Waals surface area contributed by atoms with Crippen molar-refractivity contribution >= 4 is 11.8 Å². The second-order valence-electron chi connectivity index (χ2n) is 8.06. The molecule has 0 aliphatic heterocycles. The summed E-state index contributed by atoms with van der Waals surface area (Å²) in [5.74, 6) is 0.750. The van der Waals surface area contributed by atoms with Crippen LogP contribution in [0.5, 0.6) is 5.88 Å². The van der Waals surface area contributed by atoms with Gasteiger partial charge in [0.25, 0.3) is 5.91 Å².